The molecule has 2 aromatic rings. The summed E-state index contributed by atoms with van der Waals surface area (Å²) in [5.74, 6) is -0.486. The van der Waals surface area contributed by atoms with E-state index in [4.69, 9.17) is 0 Å². The third-order valence-corrected chi connectivity index (χ3v) is 6.22. The lowest BCUT2D eigenvalue weighted by Crippen LogP contribution is -2.38. The van der Waals surface area contributed by atoms with Crippen molar-refractivity contribution >= 4 is 21.4 Å². The molecule has 1 aliphatic heterocycles. The number of rotatable bonds is 5. The molecule has 0 aliphatic carbocycles. The second-order valence-electron chi connectivity index (χ2n) is 6.38. The molecule has 1 aromatic carbocycles. The minimum atomic E-state index is -3.06. The number of carbonyl (C=O) groups is 1. The van der Waals surface area contributed by atoms with Crippen molar-refractivity contribution in [2.45, 2.75) is 19.0 Å². The van der Waals surface area contributed by atoms with E-state index in [1.807, 2.05) is 0 Å². The summed E-state index contributed by atoms with van der Waals surface area (Å²) in [6.07, 6.45) is 1.98. The summed E-state index contributed by atoms with van der Waals surface area (Å²) in [5.41, 5.74) is 1.87. The van der Waals surface area contributed by atoms with Crippen molar-refractivity contribution in [1.82, 2.24) is 9.88 Å². The predicted molar refractivity (Wildman–Crippen MR) is 97.1 cm³/mol. The number of nitrogens with one attached hydrogen (secondary N) is 1. The van der Waals surface area contributed by atoms with Gasteiger partial charge in [0.1, 0.15) is 11.5 Å². The first-order valence-electron chi connectivity index (χ1n) is 8.26. The van der Waals surface area contributed by atoms with Crippen LogP contribution in [0.3, 0.4) is 0 Å². The zero-order valence-electron chi connectivity index (χ0n) is 14.4. The van der Waals surface area contributed by atoms with E-state index >= 15 is 0 Å². The molecule has 6 nitrogen and oxygen atoms in total. The van der Waals surface area contributed by atoms with Gasteiger partial charge in [0, 0.05) is 31.5 Å². The highest BCUT2D eigenvalue weighted by Crippen LogP contribution is 2.19. The summed E-state index contributed by atoms with van der Waals surface area (Å²) in [4.78, 5) is 18.2. The lowest BCUT2D eigenvalue weighted by molar-refractivity contribution is 0.0742. The van der Waals surface area contributed by atoms with E-state index in [1.54, 1.807) is 31.3 Å². The van der Waals surface area contributed by atoms with Crippen LogP contribution in [0.2, 0.25) is 0 Å². The fourth-order valence-electron chi connectivity index (χ4n) is 2.89. The number of aromatic nitrogens is 1. The van der Waals surface area contributed by atoms with Crippen molar-refractivity contribution in [3.8, 4) is 0 Å². The van der Waals surface area contributed by atoms with Crippen molar-refractivity contribution < 1.29 is 17.6 Å². The van der Waals surface area contributed by atoms with Gasteiger partial charge in [0.05, 0.1) is 11.5 Å². The normalized spacial score (nSPS) is 18.5. The lowest BCUT2D eigenvalue weighted by Gasteiger charge is -2.23. The first kappa shape index (κ1) is 18.3. The summed E-state index contributed by atoms with van der Waals surface area (Å²) < 4.78 is 36.2. The Labute approximate surface area is 152 Å². The average Bonchev–Trinajstić information content (AvgIpc) is 3.00. The van der Waals surface area contributed by atoms with Crippen molar-refractivity contribution in [1.29, 1.82) is 0 Å². The lowest BCUT2D eigenvalue weighted by atomic mass is 10.2. The van der Waals surface area contributed by atoms with Crippen LogP contribution in [-0.2, 0) is 16.4 Å². The third-order valence-electron chi connectivity index (χ3n) is 4.47. The molecule has 138 valence electrons. The van der Waals surface area contributed by atoms with Crippen LogP contribution in [-0.4, -0.2) is 48.8 Å². The molecule has 8 heteroatoms. The highest BCUT2D eigenvalue weighted by molar-refractivity contribution is 7.91. The topological polar surface area (TPSA) is 79.4 Å². The van der Waals surface area contributed by atoms with Crippen LogP contribution < -0.4 is 5.32 Å². The number of hydrogen-bond acceptors (Lipinski definition) is 5. The molecule has 0 saturated carbocycles. The maximum absolute atomic E-state index is 12.9. The van der Waals surface area contributed by atoms with Crippen molar-refractivity contribution in [3.05, 3.63) is 59.7 Å². The quantitative estimate of drug-likeness (QED) is 0.863. The number of sulfone groups is 1. The van der Waals surface area contributed by atoms with E-state index in [0.29, 0.717) is 18.7 Å². The maximum atomic E-state index is 12.9. The van der Waals surface area contributed by atoms with Crippen molar-refractivity contribution in [2.75, 3.05) is 23.9 Å². The van der Waals surface area contributed by atoms with Crippen LogP contribution in [0.15, 0.2) is 42.6 Å². The molecule has 0 bridgehead atoms. The Hall–Kier alpha value is -2.48. The van der Waals surface area contributed by atoms with Gasteiger partial charge in [-0.15, -0.1) is 0 Å². The van der Waals surface area contributed by atoms with E-state index in [-0.39, 0.29) is 35.0 Å². The van der Waals surface area contributed by atoms with Crippen LogP contribution in [0.4, 0.5) is 10.1 Å². The van der Waals surface area contributed by atoms with E-state index in [2.05, 4.69) is 10.3 Å². The number of pyridine rings is 1. The van der Waals surface area contributed by atoms with E-state index in [0.717, 1.165) is 5.56 Å². The minimum absolute atomic E-state index is 0.00223. The smallest absolute Gasteiger partial charge is 0.272 e. The maximum Gasteiger partial charge on any atom is 0.272 e. The molecule has 1 amide bonds. The Balaban J connectivity index is 1.66. The first-order chi connectivity index (χ1) is 12.3. The molecule has 1 N–H and O–H groups in total. The fourth-order valence-corrected chi connectivity index (χ4v) is 4.67. The van der Waals surface area contributed by atoms with Crippen molar-refractivity contribution in [3.63, 3.8) is 0 Å². The van der Waals surface area contributed by atoms with Gasteiger partial charge in [-0.2, -0.15) is 0 Å². The van der Waals surface area contributed by atoms with Gasteiger partial charge >= 0.3 is 0 Å². The van der Waals surface area contributed by atoms with E-state index in [9.17, 15) is 17.6 Å². The summed E-state index contributed by atoms with van der Waals surface area (Å²) >= 11 is 0. The third kappa shape index (κ3) is 4.37. The molecule has 1 aromatic heterocycles. The summed E-state index contributed by atoms with van der Waals surface area (Å²) in [7, 11) is -1.45. The van der Waals surface area contributed by atoms with Gasteiger partial charge in [-0.3, -0.25) is 9.78 Å². The molecule has 1 unspecified atom stereocenters. The molecule has 1 fully saturated rings. The molecular weight excluding hydrogens is 357 g/mol. The average molecular weight is 377 g/mol. The molecule has 3 rings (SSSR count). The molecule has 0 spiro atoms. The van der Waals surface area contributed by atoms with E-state index < -0.39 is 9.84 Å². The minimum Gasteiger partial charge on any atom is -0.381 e. The molecule has 26 heavy (non-hydrogen) atoms. The Bertz CT molecular complexity index is 900. The second-order valence-corrected chi connectivity index (χ2v) is 8.61. The van der Waals surface area contributed by atoms with Gasteiger partial charge in [-0.25, -0.2) is 12.8 Å². The SMILES string of the molecule is CN(C(=O)c1cc(NCc2ccc(F)cc2)ccn1)C1CCS(=O)(=O)C1. The number of hydrogen-bond donors (Lipinski definition) is 1. The standard InChI is InChI=1S/C18H20FN3O3S/c1-22(16-7-9-26(24,25)12-16)18(23)17-10-15(6-8-20-17)21-11-13-2-4-14(19)5-3-13/h2-6,8,10,16H,7,9,11-12H2,1H3,(H,20,21). The van der Waals surface area contributed by atoms with Gasteiger partial charge < -0.3 is 10.2 Å². The largest absolute Gasteiger partial charge is 0.381 e. The number of nitrogens with zero attached hydrogens (tertiary/aromatic N) is 2. The highest BCUT2D eigenvalue weighted by Gasteiger charge is 2.33. The Morgan fingerprint density at radius 2 is 2.04 bits per heavy atom. The zero-order valence-corrected chi connectivity index (χ0v) is 15.2. The van der Waals surface area contributed by atoms with Crippen LogP contribution >= 0.6 is 0 Å². The van der Waals surface area contributed by atoms with Gasteiger partial charge in [-0.1, -0.05) is 12.1 Å². The van der Waals surface area contributed by atoms with Crippen LogP contribution in [0, 0.1) is 5.82 Å². The van der Waals surface area contributed by atoms with Gasteiger partial charge in [0.25, 0.3) is 5.91 Å². The number of benzene rings is 1. The van der Waals surface area contributed by atoms with Crippen LogP contribution in [0.25, 0.3) is 0 Å². The number of halogens is 1. The number of anilines is 1. The van der Waals surface area contributed by atoms with Crippen LogP contribution in [0.5, 0.6) is 0 Å². The van der Waals surface area contributed by atoms with E-state index in [1.165, 1.54) is 23.2 Å². The number of carbonyl (C=O) groups excluding carboxylic acids is 1. The zero-order chi connectivity index (χ0) is 18.7. The Morgan fingerprint density at radius 1 is 1.31 bits per heavy atom. The summed E-state index contributed by atoms with van der Waals surface area (Å²) in [5, 5.41) is 3.17. The van der Waals surface area contributed by atoms with Gasteiger partial charge in [0.2, 0.25) is 0 Å². The fraction of sp³-hybridized carbons (Fsp3) is 0.333. The first-order valence-corrected chi connectivity index (χ1v) is 10.1. The molecule has 1 saturated heterocycles. The molecule has 2 heterocycles. The second kappa shape index (κ2) is 7.41. The number of amides is 1. The van der Waals surface area contributed by atoms with Gasteiger partial charge in [0.15, 0.2) is 9.84 Å². The van der Waals surface area contributed by atoms with Crippen LogP contribution in [0.1, 0.15) is 22.5 Å². The molecule has 1 atom stereocenters. The Morgan fingerprint density at radius 3 is 2.69 bits per heavy atom. The van der Waals surface area contributed by atoms with Crippen molar-refractivity contribution in [2.24, 2.45) is 0 Å². The van der Waals surface area contributed by atoms with Gasteiger partial charge in [-0.05, 0) is 36.2 Å². The summed E-state index contributed by atoms with van der Waals surface area (Å²) in [6, 6.07) is 9.21. The molecular formula is C18H20FN3O3S. The monoisotopic (exact) mass is 377 g/mol. The predicted octanol–water partition coefficient (Wildman–Crippen LogP) is 2.09. The highest BCUT2D eigenvalue weighted by atomic mass is 32.2. The molecule has 1 aliphatic rings. The Kier molecular flexibility index (Phi) is 5.22. The summed E-state index contributed by atoms with van der Waals surface area (Å²) in [6.45, 7) is 0.481. The molecule has 0 radical (unpaired) electrons.